The number of amides is 2. The second-order valence-electron chi connectivity index (χ2n) is 5.00. The lowest BCUT2D eigenvalue weighted by Gasteiger charge is -2.20. The maximum absolute atomic E-state index is 12.1. The SMILES string of the molecule is O=C(CNC(=O)C(F)(F)F)NC(c1ccccc1)c1ccccc1. The van der Waals surface area contributed by atoms with E-state index in [1.807, 2.05) is 12.1 Å². The predicted octanol–water partition coefficient (Wildman–Crippen LogP) is 2.57. The highest BCUT2D eigenvalue weighted by molar-refractivity contribution is 5.87. The van der Waals surface area contributed by atoms with Crippen molar-refractivity contribution in [2.75, 3.05) is 6.54 Å². The van der Waals surface area contributed by atoms with E-state index in [0.717, 1.165) is 11.1 Å². The normalized spacial score (nSPS) is 11.2. The van der Waals surface area contributed by atoms with Gasteiger partial charge in [-0.05, 0) is 11.1 Å². The van der Waals surface area contributed by atoms with E-state index in [-0.39, 0.29) is 0 Å². The summed E-state index contributed by atoms with van der Waals surface area (Å²) in [5.41, 5.74) is 1.55. The van der Waals surface area contributed by atoms with Gasteiger partial charge < -0.3 is 10.6 Å². The molecule has 7 heteroatoms. The van der Waals surface area contributed by atoms with Gasteiger partial charge in [0.2, 0.25) is 5.91 Å². The maximum Gasteiger partial charge on any atom is 0.471 e. The first-order valence-corrected chi connectivity index (χ1v) is 7.12. The van der Waals surface area contributed by atoms with Crippen LogP contribution in [0.5, 0.6) is 0 Å². The number of nitrogens with one attached hydrogen (secondary N) is 2. The summed E-state index contributed by atoms with van der Waals surface area (Å²) in [4.78, 5) is 22.7. The minimum atomic E-state index is -5.02. The first-order chi connectivity index (χ1) is 11.4. The average molecular weight is 336 g/mol. The Hall–Kier alpha value is -2.83. The summed E-state index contributed by atoms with van der Waals surface area (Å²) in [5.74, 6) is -2.86. The molecule has 0 unspecified atom stereocenters. The van der Waals surface area contributed by atoms with E-state index in [1.165, 1.54) is 0 Å². The Morgan fingerprint density at radius 1 is 0.875 bits per heavy atom. The zero-order valence-corrected chi connectivity index (χ0v) is 12.5. The van der Waals surface area contributed by atoms with E-state index in [1.54, 1.807) is 53.8 Å². The summed E-state index contributed by atoms with van der Waals surface area (Å²) in [6.07, 6.45) is -5.02. The van der Waals surface area contributed by atoms with Gasteiger partial charge in [-0.15, -0.1) is 0 Å². The minimum absolute atomic E-state index is 0.525. The number of carbonyl (C=O) groups is 2. The molecule has 2 aromatic rings. The van der Waals surface area contributed by atoms with Crippen LogP contribution in [-0.4, -0.2) is 24.5 Å². The van der Waals surface area contributed by atoms with Crippen LogP contribution in [0.25, 0.3) is 0 Å². The van der Waals surface area contributed by atoms with Gasteiger partial charge >= 0.3 is 12.1 Å². The molecule has 0 bridgehead atoms. The molecule has 4 nitrogen and oxygen atoms in total. The quantitative estimate of drug-likeness (QED) is 0.882. The molecule has 0 atom stereocenters. The number of hydrogen-bond acceptors (Lipinski definition) is 2. The van der Waals surface area contributed by atoms with Crippen molar-refractivity contribution < 1.29 is 22.8 Å². The van der Waals surface area contributed by atoms with Gasteiger partial charge in [0.25, 0.3) is 0 Å². The maximum atomic E-state index is 12.1. The third-order valence-corrected chi connectivity index (χ3v) is 3.24. The second kappa shape index (κ2) is 7.63. The van der Waals surface area contributed by atoms with Crippen LogP contribution in [0.3, 0.4) is 0 Å². The second-order valence-corrected chi connectivity index (χ2v) is 5.00. The van der Waals surface area contributed by atoms with Gasteiger partial charge in [0.15, 0.2) is 0 Å². The minimum Gasteiger partial charge on any atom is -0.344 e. The van der Waals surface area contributed by atoms with E-state index < -0.39 is 30.6 Å². The Labute approximate surface area is 136 Å². The van der Waals surface area contributed by atoms with Gasteiger partial charge in [0.1, 0.15) is 0 Å². The summed E-state index contributed by atoms with van der Waals surface area (Å²) >= 11 is 0. The van der Waals surface area contributed by atoms with Crippen molar-refractivity contribution in [3.05, 3.63) is 71.8 Å². The molecule has 0 radical (unpaired) electrons. The van der Waals surface area contributed by atoms with Crippen molar-refractivity contribution in [1.82, 2.24) is 10.6 Å². The first-order valence-electron chi connectivity index (χ1n) is 7.12. The van der Waals surface area contributed by atoms with E-state index in [4.69, 9.17) is 0 Å². The third kappa shape index (κ3) is 4.84. The van der Waals surface area contributed by atoms with Gasteiger partial charge in [0.05, 0.1) is 12.6 Å². The van der Waals surface area contributed by atoms with Crippen LogP contribution < -0.4 is 10.6 Å². The first kappa shape index (κ1) is 17.5. The van der Waals surface area contributed by atoms with Gasteiger partial charge in [-0.1, -0.05) is 60.7 Å². The van der Waals surface area contributed by atoms with E-state index >= 15 is 0 Å². The molecule has 0 aliphatic heterocycles. The van der Waals surface area contributed by atoms with Crippen LogP contribution in [0.1, 0.15) is 17.2 Å². The topological polar surface area (TPSA) is 58.2 Å². The molecule has 2 aromatic carbocycles. The van der Waals surface area contributed by atoms with E-state index in [2.05, 4.69) is 5.32 Å². The van der Waals surface area contributed by atoms with Gasteiger partial charge in [-0.25, -0.2) is 0 Å². The van der Waals surface area contributed by atoms with E-state index in [0.29, 0.717) is 0 Å². The molecule has 0 saturated heterocycles. The molecule has 2 amide bonds. The van der Waals surface area contributed by atoms with Crippen molar-refractivity contribution in [1.29, 1.82) is 0 Å². The van der Waals surface area contributed by atoms with Crippen LogP contribution in [0.4, 0.5) is 13.2 Å². The van der Waals surface area contributed by atoms with E-state index in [9.17, 15) is 22.8 Å². The van der Waals surface area contributed by atoms with Gasteiger partial charge in [-0.2, -0.15) is 13.2 Å². The van der Waals surface area contributed by atoms with Crippen molar-refractivity contribution in [2.24, 2.45) is 0 Å². The fourth-order valence-corrected chi connectivity index (χ4v) is 2.12. The molecule has 0 aromatic heterocycles. The smallest absolute Gasteiger partial charge is 0.344 e. The number of benzene rings is 2. The zero-order valence-electron chi connectivity index (χ0n) is 12.5. The lowest BCUT2D eigenvalue weighted by Crippen LogP contribution is -2.43. The number of carbonyl (C=O) groups excluding carboxylic acids is 2. The monoisotopic (exact) mass is 336 g/mol. The van der Waals surface area contributed by atoms with Gasteiger partial charge in [-0.3, -0.25) is 9.59 Å². The Morgan fingerprint density at radius 3 is 1.75 bits per heavy atom. The van der Waals surface area contributed by atoms with Crippen molar-refractivity contribution in [3.8, 4) is 0 Å². The largest absolute Gasteiger partial charge is 0.471 e. The molecule has 2 N–H and O–H groups in total. The predicted molar refractivity (Wildman–Crippen MR) is 81.9 cm³/mol. The standard InChI is InChI=1S/C17H15F3N2O2/c18-17(19,20)16(24)21-11-14(23)22-15(12-7-3-1-4-8-12)13-9-5-2-6-10-13/h1-10,15H,11H2,(H,21,24)(H,22,23). The molecular formula is C17H15F3N2O2. The Bertz CT molecular complexity index is 648. The molecule has 24 heavy (non-hydrogen) atoms. The van der Waals surface area contributed by atoms with Crippen LogP contribution in [0, 0.1) is 0 Å². The third-order valence-electron chi connectivity index (χ3n) is 3.24. The summed E-state index contributed by atoms with van der Waals surface area (Å²) < 4.78 is 36.4. The Morgan fingerprint density at radius 2 is 1.33 bits per heavy atom. The van der Waals surface area contributed by atoms with Crippen molar-refractivity contribution >= 4 is 11.8 Å². The number of halogens is 3. The van der Waals surface area contributed by atoms with Crippen molar-refractivity contribution in [3.63, 3.8) is 0 Å². The number of hydrogen-bond donors (Lipinski definition) is 2. The number of rotatable bonds is 5. The summed E-state index contributed by atoms with van der Waals surface area (Å²) in [6, 6.07) is 17.5. The fourth-order valence-electron chi connectivity index (χ4n) is 2.12. The Balaban J connectivity index is 2.09. The molecule has 0 spiro atoms. The van der Waals surface area contributed by atoms with Gasteiger partial charge in [0, 0.05) is 0 Å². The van der Waals surface area contributed by atoms with Crippen molar-refractivity contribution in [2.45, 2.75) is 12.2 Å². The van der Waals surface area contributed by atoms with Crippen LogP contribution in [0.15, 0.2) is 60.7 Å². The Kier molecular flexibility index (Phi) is 5.57. The molecule has 126 valence electrons. The molecule has 0 heterocycles. The van der Waals surface area contributed by atoms with Crippen LogP contribution in [0.2, 0.25) is 0 Å². The molecule has 0 saturated carbocycles. The molecule has 2 rings (SSSR count). The summed E-state index contributed by atoms with van der Waals surface area (Å²) in [5, 5.41) is 4.19. The summed E-state index contributed by atoms with van der Waals surface area (Å²) in [7, 11) is 0. The highest BCUT2D eigenvalue weighted by atomic mass is 19.4. The molecule has 0 aliphatic carbocycles. The highest BCUT2D eigenvalue weighted by Crippen LogP contribution is 2.21. The highest BCUT2D eigenvalue weighted by Gasteiger charge is 2.38. The molecular weight excluding hydrogens is 321 g/mol. The fraction of sp³-hybridized carbons (Fsp3) is 0.176. The van der Waals surface area contributed by atoms with Crippen LogP contribution in [-0.2, 0) is 9.59 Å². The number of alkyl halides is 3. The van der Waals surface area contributed by atoms with Crippen LogP contribution >= 0.6 is 0 Å². The molecule has 0 fully saturated rings. The molecule has 0 aliphatic rings. The lowest BCUT2D eigenvalue weighted by molar-refractivity contribution is -0.173. The average Bonchev–Trinajstić information content (AvgIpc) is 2.58. The summed E-state index contributed by atoms with van der Waals surface area (Å²) in [6.45, 7) is -0.755. The lowest BCUT2D eigenvalue weighted by atomic mass is 9.99. The zero-order chi connectivity index (χ0) is 17.6.